The van der Waals surface area contributed by atoms with Gasteiger partial charge in [0.05, 0.1) is 10.3 Å². The Hall–Kier alpha value is -3.22. The van der Waals surface area contributed by atoms with Crippen molar-refractivity contribution in [3.05, 3.63) is 104 Å². The molecule has 3 aliphatic rings. The fourth-order valence-electron chi connectivity index (χ4n) is 6.84. The Bertz CT molecular complexity index is 1720. The summed E-state index contributed by atoms with van der Waals surface area (Å²) in [5.74, 6) is -0.566. The molecule has 0 saturated heterocycles. The summed E-state index contributed by atoms with van der Waals surface area (Å²) in [5.41, 5.74) is 3.60. The zero-order valence-electron chi connectivity index (χ0n) is 21.9. The van der Waals surface area contributed by atoms with Crippen LogP contribution in [0, 0.1) is 0 Å². The van der Waals surface area contributed by atoms with Crippen molar-refractivity contribution in [1.29, 1.82) is 0 Å². The van der Waals surface area contributed by atoms with Gasteiger partial charge in [0, 0.05) is 31.5 Å². The van der Waals surface area contributed by atoms with Gasteiger partial charge in [0.15, 0.2) is 5.54 Å². The van der Waals surface area contributed by atoms with Crippen LogP contribution < -0.4 is 10.5 Å². The molecule has 2 heterocycles. The van der Waals surface area contributed by atoms with E-state index in [4.69, 9.17) is 11.6 Å². The molecular weight excluding hydrogens is 528 g/mol. The van der Waals surface area contributed by atoms with Crippen LogP contribution in [-0.2, 0) is 16.8 Å². The number of pyridine rings is 1. The van der Waals surface area contributed by atoms with E-state index in [1.54, 1.807) is 16.3 Å². The highest BCUT2D eigenvalue weighted by atomic mass is 35.5. The van der Waals surface area contributed by atoms with Crippen molar-refractivity contribution >= 4 is 45.8 Å². The van der Waals surface area contributed by atoms with E-state index in [0.29, 0.717) is 29.5 Å². The Labute approximate surface area is 236 Å². The monoisotopic (exact) mass is 556 g/mol. The van der Waals surface area contributed by atoms with Crippen LogP contribution in [0.1, 0.15) is 53.4 Å². The lowest BCUT2D eigenvalue weighted by atomic mass is 9.64. The molecule has 0 radical (unpaired) electrons. The number of benzene rings is 3. The highest BCUT2D eigenvalue weighted by Crippen LogP contribution is 2.64. The van der Waals surface area contributed by atoms with E-state index in [1.165, 1.54) is 21.9 Å². The minimum Gasteiger partial charge on any atom is -0.479 e. The third-order valence-corrected chi connectivity index (χ3v) is 10.6. The van der Waals surface area contributed by atoms with Crippen molar-refractivity contribution in [3.8, 4) is 0 Å². The van der Waals surface area contributed by atoms with E-state index >= 15 is 0 Å². The molecule has 3 atom stereocenters. The number of carbonyl (C=O) groups is 1. The topological polar surface area (TPSA) is 62.5 Å². The van der Waals surface area contributed by atoms with E-state index in [0.717, 1.165) is 29.0 Å². The number of carboxylic acid groups (broad SMARTS) is 1. The molecule has 1 aromatic heterocycles. The van der Waals surface area contributed by atoms with E-state index < -0.39 is 11.5 Å². The first kappa shape index (κ1) is 24.8. The molecule has 198 valence electrons. The second-order valence-corrected chi connectivity index (χ2v) is 12.9. The Morgan fingerprint density at radius 1 is 1.10 bits per heavy atom. The summed E-state index contributed by atoms with van der Waals surface area (Å²) in [6.45, 7) is 0. The molecule has 3 aromatic carbocycles. The maximum Gasteiger partial charge on any atom is 0.331 e. The second kappa shape index (κ2) is 8.90. The second-order valence-electron chi connectivity index (χ2n) is 11.3. The Kier molecular flexibility index (Phi) is 5.66. The van der Waals surface area contributed by atoms with Gasteiger partial charge < -0.3 is 10.0 Å². The number of halogens is 1. The van der Waals surface area contributed by atoms with Gasteiger partial charge in [0.25, 0.3) is 5.56 Å². The molecule has 0 bridgehead atoms. The van der Waals surface area contributed by atoms with Crippen LogP contribution in [0.4, 0.5) is 5.69 Å². The zero-order valence-corrected chi connectivity index (χ0v) is 23.4. The average Bonchev–Trinajstić information content (AvgIpc) is 3.69. The molecule has 5 nitrogen and oxygen atoms in total. The van der Waals surface area contributed by atoms with E-state index in [2.05, 4.69) is 36.4 Å². The number of carboxylic acids is 1. The molecule has 7 rings (SSSR count). The number of hydrogen-bond donors (Lipinski definition) is 1. The Morgan fingerprint density at radius 3 is 2.56 bits per heavy atom. The third kappa shape index (κ3) is 3.61. The van der Waals surface area contributed by atoms with Crippen LogP contribution in [0.2, 0.25) is 5.02 Å². The largest absolute Gasteiger partial charge is 0.479 e. The number of aliphatic carboxylic acids is 1. The van der Waals surface area contributed by atoms with Gasteiger partial charge in [-0.05, 0) is 70.3 Å². The summed E-state index contributed by atoms with van der Waals surface area (Å²) in [6, 6.07) is 22.4. The number of rotatable bonds is 6. The van der Waals surface area contributed by atoms with E-state index in [-0.39, 0.29) is 16.7 Å². The normalized spacial score (nSPS) is 23.3. The van der Waals surface area contributed by atoms with Gasteiger partial charge in [-0.1, -0.05) is 66.2 Å². The van der Waals surface area contributed by atoms with Gasteiger partial charge in [-0.2, -0.15) is 0 Å². The zero-order chi connectivity index (χ0) is 27.1. The number of fused-ring (bicyclic) bond motifs is 4. The van der Waals surface area contributed by atoms with Crippen LogP contribution in [0.25, 0.3) is 10.8 Å². The molecule has 4 aromatic rings. The summed E-state index contributed by atoms with van der Waals surface area (Å²) in [6.07, 6.45) is 3.13. The van der Waals surface area contributed by atoms with Crippen LogP contribution in [0.3, 0.4) is 0 Å². The number of thioether (sulfide) groups is 1. The number of nitrogens with zero attached hydrogens (tertiary/aromatic N) is 2. The van der Waals surface area contributed by atoms with Crippen molar-refractivity contribution in [1.82, 2.24) is 4.57 Å². The van der Waals surface area contributed by atoms with Crippen LogP contribution >= 0.6 is 23.4 Å². The summed E-state index contributed by atoms with van der Waals surface area (Å²) in [7, 11) is 3.80. The SMILES string of the molecule is CN(C)c1c(Cc2cccc3ccccc23)c(C2CC2)c2n(c1=O)C1(C(=O)O)C[C@@H](c3cccc(Cl)c3)C1S2. The number of anilines is 1. The van der Waals surface area contributed by atoms with Crippen LogP contribution in [0.15, 0.2) is 76.6 Å². The highest BCUT2D eigenvalue weighted by Gasteiger charge is 2.67. The van der Waals surface area contributed by atoms with Gasteiger partial charge >= 0.3 is 5.97 Å². The molecule has 7 heteroatoms. The fraction of sp³-hybridized carbons (Fsp3) is 0.312. The molecule has 0 spiro atoms. The predicted octanol–water partition coefficient (Wildman–Crippen LogP) is 6.63. The quantitative estimate of drug-likeness (QED) is 0.289. The molecule has 2 aliphatic carbocycles. The Balaban J connectivity index is 1.44. The van der Waals surface area contributed by atoms with Crippen LogP contribution in [0.5, 0.6) is 0 Å². The molecule has 1 aliphatic heterocycles. The molecule has 2 fully saturated rings. The third-order valence-electron chi connectivity index (χ3n) is 8.78. The molecular formula is C32H29ClN2O3S. The lowest BCUT2D eigenvalue weighted by Crippen LogP contribution is -2.61. The van der Waals surface area contributed by atoms with E-state index in [9.17, 15) is 14.7 Å². The standard InChI is InChI=1S/C32H29ClN2O3S/c1-34(2)27-24(16-21-9-5-8-18-7-3-4-12-23(18)21)26(19-13-14-19)30-35(29(27)36)32(31(37)38)17-25(28(32)39-30)20-10-6-11-22(33)15-20/h3-12,15,19,25,28H,13-14,16-17H2,1-2H3,(H,37,38)/t25-,28?,32?/m0/s1. The smallest absolute Gasteiger partial charge is 0.331 e. The first-order valence-electron chi connectivity index (χ1n) is 13.4. The summed E-state index contributed by atoms with van der Waals surface area (Å²) < 4.78 is 1.67. The van der Waals surface area contributed by atoms with Gasteiger partial charge in [-0.25, -0.2) is 4.79 Å². The first-order valence-corrected chi connectivity index (χ1v) is 14.7. The van der Waals surface area contributed by atoms with Gasteiger partial charge in [0.2, 0.25) is 0 Å². The molecule has 0 amide bonds. The summed E-state index contributed by atoms with van der Waals surface area (Å²) in [4.78, 5) is 29.3. The number of hydrogen-bond acceptors (Lipinski definition) is 4. The molecule has 39 heavy (non-hydrogen) atoms. The van der Waals surface area contributed by atoms with Crippen molar-refractivity contribution in [2.45, 2.75) is 53.3 Å². The molecule has 2 saturated carbocycles. The summed E-state index contributed by atoms with van der Waals surface area (Å²) >= 11 is 7.91. The number of aromatic nitrogens is 1. The lowest BCUT2D eigenvalue weighted by molar-refractivity contribution is -0.153. The highest BCUT2D eigenvalue weighted by molar-refractivity contribution is 8.00. The average molecular weight is 557 g/mol. The predicted molar refractivity (Wildman–Crippen MR) is 158 cm³/mol. The fourth-order valence-corrected chi connectivity index (χ4v) is 8.96. The van der Waals surface area contributed by atoms with Crippen molar-refractivity contribution < 1.29 is 9.90 Å². The van der Waals surface area contributed by atoms with E-state index in [1.807, 2.05) is 49.3 Å². The van der Waals surface area contributed by atoms with Crippen LogP contribution in [-0.4, -0.2) is 35.0 Å². The Morgan fingerprint density at radius 2 is 1.85 bits per heavy atom. The van der Waals surface area contributed by atoms with Crippen molar-refractivity contribution in [2.75, 3.05) is 19.0 Å². The molecule has 1 N–H and O–H groups in total. The lowest BCUT2D eigenvalue weighted by Gasteiger charge is -2.48. The van der Waals surface area contributed by atoms with Gasteiger partial charge in [0.1, 0.15) is 5.69 Å². The van der Waals surface area contributed by atoms with Crippen molar-refractivity contribution in [2.24, 2.45) is 0 Å². The maximum atomic E-state index is 14.4. The minimum atomic E-state index is -1.25. The van der Waals surface area contributed by atoms with Gasteiger partial charge in [-0.3, -0.25) is 9.36 Å². The minimum absolute atomic E-state index is 0.0143. The first-order chi connectivity index (χ1) is 18.8. The van der Waals surface area contributed by atoms with Crippen molar-refractivity contribution in [3.63, 3.8) is 0 Å². The summed E-state index contributed by atoms with van der Waals surface area (Å²) in [5, 5.41) is 14.3. The maximum absolute atomic E-state index is 14.4. The van der Waals surface area contributed by atoms with Gasteiger partial charge in [-0.15, -0.1) is 11.8 Å². The molecule has 2 unspecified atom stereocenters.